The second-order valence-electron chi connectivity index (χ2n) is 4.81. The molecule has 6 nitrogen and oxygen atoms in total. The van der Waals surface area contributed by atoms with E-state index in [9.17, 15) is 4.79 Å². The number of anilines is 1. The number of carbonyl (C=O) groups excluding carboxylic acids is 1. The van der Waals surface area contributed by atoms with Crippen molar-refractivity contribution in [2.75, 3.05) is 24.6 Å². The maximum atomic E-state index is 11.9. The van der Waals surface area contributed by atoms with Crippen molar-refractivity contribution < 1.29 is 9.53 Å². The number of nitrogen functional groups attached to an aromatic ring is 1. The molecule has 1 aliphatic heterocycles. The van der Waals surface area contributed by atoms with Gasteiger partial charge in [-0.1, -0.05) is 47.4 Å². The molecule has 22 heavy (non-hydrogen) atoms. The molecule has 1 amide bonds. The molecule has 0 saturated carbocycles. The molecule has 0 saturated heterocycles. The molecule has 8 heteroatoms. The highest BCUT2D eigenvalue weighted by atomic mass is 32.2. The van der Waals surface area contributed by atoms with E-state index < -0.39 is 0 Å². The zero-order valence-corrected chi connectivity index (χ0v) is 13.5. The van der Waals surface area contributed by atoms with Crippen LogP contribution in [0.3, 0.4) is 0 Å². The van der Waals surface area contributed by atoms with Crippen molar-refractivity contribution in [3.63, 3.8) is 0 Å². The predicted molar refractivity (Wildman–Crippen MR) is 86.9 cm³/mol. The summed E-state index contributed by atoms with van der Waals surface area (Å²) in [5.41, 5.74) is 7.96. The van der Waals surface area contributed by atoms with Crippen LogP contribution in [0.2, 0.25) is 0 Å². The zero-order valence-electron chi connectivity index (χ0n) is 11.8. The van der Waals surface area contributed by atoms with E-state index in [0.29, 0.717) is 28.4 Å². The Morgan fingerprint density at radius 2 is 2.32 bits per heavy atom. The summed E-state index contributed by atoms with van der Waals surface area (Å²) in [7, 11) is 0. The number of hydrogen-bond donors (Lipinski definition) is 2. The molecular formula is C14H16N4O2S2. The number of thioether (sulfide) groups is 1. The summed E-state index contributed by atoms with van der Waals surface area (Å²) < 4.78 is 6.46. The van der Waals surface area contributed by atoms with Crippen LogP contribution < -0.4 is 11.1 Å². The van der Waals surface area contributed by atoms with Crippen LogP contribution in [-0.2, 0) is 16.0 Å². The van der Waals surface area contributed by atoms with E-state index in [2.05, 4.69) is 27.6 Å². The van der Waals surface area contributed by atoms with E-state index in [1.54, 1.807) is 0 Å². The van der Waals surface area contributed by atoms with E-state index in [0.717, 1.165) is 6.42 Å². The lowest BCUT2D eigenvalue weighted by Gasteiger charge is -2.26. The van der Waals surface area contributed by atoms with Gasteiger partial charge in [0.15, 0.2) is 4.34 Å². The molecule has 0 bridgehead atoms. The van der Waals surface area contributed by atoms with Crippen molar-refractivity contribution in [3.05, 3.63) is 35.4 Å². The SMILES string of the molecule is Nc1nnc(SCC(=O)NC[C@H]2OCCc3ccccc32)s1. The van der Waals surface area contributed by atoms with E-state index in [1.165, 1.54) is 34.2 Å². The van der Waals surface area contributed by atoms with Crippen molar-refractivity contribution in [1.29, 1.82) is 0 Å². The number of aromatic nitrogens is 2. The Morgan fingerprint density at radius 3 is 3.14 bits per heavy atom. The molecule has 2 heterocycles. The van der Waals surface area contributed by atoms with Crippen LogP contribution >= 0.6 is 23.1 Å². The third-order valence-corrected chi connectivity index (χ3v) is 5.21. The second kappa shape index (κ2) is 7.08. The number of carbonyl (C=O) groups is 1. The van der Waals surface area contributed by atoms with Gasteiger partial charge in [-0.05, 0) is 17.5 Å². The Labute approximate surface area is 136 Å². The van der Waals surface area contributed by atoms with Gasteiger partial charge < -0.3 is 15.8 Å². The van der Waals surface area contributed by atoms with Crippen LogP contribution in [0.1, 0.15) is 17.2 Å². The third-order valence-electron chi connectivity index (χ3n) is 3.33. The van der Waals surface area contributed by atoms with E-state index in [-0.39, 0.29) is 12.0 Å². The summed E-state index contributed by atoms with van der Waals surface area (Å²) in [6.07, 6.45) is 0.852. The Hall–Kier alpha value is -1.64. The van der Waals surface area contributed by atoms with Gasteiger partial charge in [0.25, 0.3) is 0 Å². The van der Waals surface area contributed by atoms with E-state index >= 15 is 0 Å². The first-order chi connectivity index (χ1) is 10.7. The molecule has 0 fully saturated rings. The van der Waals surface area contributed by atoms with Crippen LogP contribution in [0.4, 0.5) is 5.13 Å². The molecule has 0 spiro atoms. The molecule has 0 radical (unpaired) electrons. The Kier molecular flexibility index (Phi) is 4.91. The number of benzene rings is 1. The van der Waals surface area contributed by atoms with Crippen molar-refractivity contribution in [2.45, 2.75) is 16.9 Å². The van der Waals surface area contributed by atoms with Crippen molar-refractivity contribution in [2.24, 2.45) is 0 Å². The van der Waals surface area contributed by atoms with Gasteiger partial charge in [0.05, 0.1) is 12.4 Å². The molecule has 2 aromatic rings. The number of nitrogens with two attached hydrogens (primary N) is 1. The zero-order chi connectivity index (χ0) is 15.4. The monoisotopic (exact) mass is 336 g/mol. The van der Waals surface area contributed by atoms with Gasteiger partial charge in [-0.3, -0.25) is 4.79 Å². The van der Waals surface area contributed by atoms with Gasteiger partial charge in [-0.15, -0.1) is 10.2 Å². The molecule has 116 valence electrons. The van der Waals surface area contributed by atoms with Crippen molar-refractivity contribution in [3.8, 4) is 0 Å². The minimum absolute atomic E-state index is 0.0505. The summed E-state index contributed by atoms with van der Waals surface area (Å²) in [5, 5.41) is 10.9. The average Bonchev–Trinajstić information content (AvgIpc) is 2.96. The number of nitrogens with zero attached hydrogens (tertiary/aromatic N) is 2. The van der Waals surface area contributed by atoms with Gasteiger partial charge >= 0.3 is 0 Å². The highest BCUT2D eigenvalue weighted by Gasteiger charge is 2.20. The Balaban J connectivity index is 1.49. The minimum Gasteiger partial charge on any atom is -0.374 e. The number of fused-ring (bicyclic) bond motifs is 1. The fourth-order valence-corrected chi connectivity index (χ4v) is 3.78. The van der Waals surface area contributed by atoms with Crippen LogP contribution in [0.25, 0.3) is 0 Å². The van der Waals surface area contributed by atoms with Crippen LogP contribution in [-0.4, -0.2) is 35.0 Å². The maximum absolute atomic E-state index is 11.9. The minimum atomic E-state index is -0.0731. The number of hydrogen-bond acceptors (Lipinski definition) is 7. The second-order valence-corrected chi connectivity index (χ2v) is 7.04. The largest absolute Gasteiger partial charge is 0.374 e. The fraction of sp³-hybridized carbons (Fsp3) is 0.357. The topological polar surface area (TPSA) is 90.1 Å². The Bertz CT molecular complexity index is 662. The summed E-state index contributed by atoms with van der Waals surface area (Å²) in [6.45, 7) is 1.17. The molecule has 0 aliphatic carbocycles. The third kappa shape index (κ3) is 3.76. The molecular weight excluding hydrogens is 320 g/mol. The van der Waals surface area contributed by atoms with Crippen LogP contribution in [0.5, 0.6) is 0 Å². The highest BCUT2D eigenvalue weighted by Crippen LogP contribution is 2.26. The van der Waals surface area contributed by atoms with E-state index in [1.807, 2.05) is 12.1 Å². The fourth-order valence-electron chi connectivity index (χ4n) is 2.31. The van der Waals surface area contributed by atoms with Crippen molar-refractivity contribution >= 4 is 34.1 Å². The van der Waals surface area contributed by atoms with Gasteiger partial charge in [0.2, 0.25) is 11.0 Å². The normalized spacial score (nSPS) is 17.0. The summed E-state index contributed by atoms with van der Waals surface area (Å²) >= 11 is 2.61. The van der Waals surface area contributed by atoms with Crippen LogP contribution in [0.15, 0.2) is 28.6 Å². The van der Waals surface area contributed by atoms with E-state index in [4.69, 9.17) is 10.5 Å². The highest BCUT2D eigenvalue weighted by molar-refractivity contribution is 8.01. The molecule has 1 aromatic carbocycles. The standard InChI is InChI=1S/C14H16N4O2S2/c15-13-17-18-14(22-13)21-8-12(19)16-7-11-10-4-2-1-3-9(10)5-6-20-11/h1-4,11H,5-8H2,(H2,15,17)(H,16,19)/t11-/m1/s1. The molecule has 1 aromatic heterocycles. The summed E-state index contributed by atoms with van der Waals surface area (Å²) in [5.74, 6) is 0.244. The molecule has 0 unspecified atom stereocenters. The average molecular weight is 336 g/mol. The lowest BCUT2D eigenvalue weighted by Crippen LogP contribution is -2.32. The summed E-state index contributed by atoms with van der Waals surface area (Å²) in [4.78, 5) is 11.9. The first-order valence-corrected chi connectivity index (χ1v) is 8.70. The van der Waals surface area contributed by atoms with Gasteiger partial charge in [0.1, 0.15) is 6.10 Å². The maximum Gasteiger partial charge on any atom is 0.230 e. The first kappa shape index (κ1) is 15.3. The van der Waals surface area contributed by atoms with Gasteiger partial charge in [0, 0.05) is 6.54 Å². The first-order valence-electron chi connectivity index (χ1n) is 6.90. The lowest BCUT2D eigenvalue weighted by molar-refractivity contribution is -0.119. The molecule has 3 rings (SSSR count). The van der Waals surface area contributed by atoms with Crippen LogP contribution in [0, 0.1) is 0 Å². The quantitative estimate of drug-likeness (QED) is 0.807. The van der Waals surface area contributed by atoms with Gasteiger partial charge in [-0.25, -0.2) is 0 Å². The molecule has 3 N–H and O–H groups in total. The Morgan fingerprint density at radius 1 is 1.45 bits per heavy atom. The number of ether oxygens (including phenoxy) is 1. The number of nitrogens with one attached hydrogen (secondary N) is 1. The molecule has 1 atom stereocenters. The van der Waals surface area contributed by atoms with Gasteiger partial charge in [-0.2, -0.15) is 0 Å². The number of amides is 1. The smallest absolute Gasteiger partial charge is 0.230 e. The van der Waals surface area contributed by atoms with Crippen molar-refractivity contribution in [1.82, 2.24) is 15.5 Å². The summed E-state index contributed by atoms with van der Waals surface area (Å²) in [6, 6.07) is 8.20. The molecule has 1 aliphatic rings. The number of rotatable bonds is 5. The lowest BCUT2D eigenvalue weighted by atomic mass is 9.97. The predicted octanol–water partition coefficient (Wildman–Crippen LogP) is 1.64.